The van der Waals surface area contributed by atoms with Gasteiger partial charge in [-0.2, -0.15) is 0 Å². The van der Waals surface area contributed by atoms with Crippen molar-refractivity contribution in [2.45, 2.75) is 29.9 Å². The van der Waals surface area contributed by atoms with E-state index in [0.717, 1.165) is 31.5 Å². The smallest absolute Gasteiger partial charge is 0.240 e. The molecule has 2 unspecified atom stereocenters. The Morgan fingerprint density at radius 3 is 2.50 bits per heavy atom. The molecule has 1 N–H and O–H groups in total. The molecule has 1 aliphatic carbocycles. The van der Waals surface area contributed by atoms with Crippen molar-refractivity contribution < 1.29 is 17.5 Å². The number of likely N-dealkylation sites (tertiary alicyclic amines) is 1. The molecule has 0 spiro atoms. The quantitative estimate of drug-likeness (QED) is 0.724. The third-order valence-corrected chi connectivity index (χ3v) is 8.29. The van der Waals surface area contributed by atoms with E-state index in [1.54, 1.807) is 37.4 Å². The highest BCUT2D eigenvalue weighted by Crippen LogP contribution is 2.54. The van der Waals surface area contributed by atoms with E-state index in [0.29, 0.717) is 17.1 Å². The van der Waals surface area contributed by atoms with E-state index in [4.69, 9.17) is 16.3 Å². The number of hydrogen-bond acceptors (Lipinski definition) is 4. The zero-order chi connectivity index (χ0) is 21.5. The molecule has 1 aliphatic heterocycles. The van der Waals surface area contributed by atoms with Gasteiger partial charge in [-0.15, -0.1) is 0 Å². The molecular formula is C22H26ClFN2O3S. The number of nitrogens with one attached hydrogen (secondary N) is 1. The standard InChI is InChI=1S/C22H26ClFN2O3S/c1-25-30(27,28)20-5-3-4-16(10-20)22(29-2)17-7-8-18(22)14-26(13-17)12-15-6-9-19(23)11-21(15)24/h3-6,9-11,17-18,25H,7-8,12-14H2,1-2H3. The van der Waals surface area contributed by atoms with Crippen molar-refractivity contribution in [1.82, 2.24) is 9.62 Å². The van der Waals surface area contributed by atoms with Crippen LogP contribution in [0.2, 0.25) is 5.02 Å². The topological polar surface area (TPSA) is 58.6 Å². The lowest BCUT2D eigenvalue weighted by molar-refractivity contribution is -0.120. The summed E-state index contributed by atoms with van der Waals surface area (Å²) in [5.74, 6) is 0.108. The lowest BCUT2D eigenvalue weighted by Gasteiger charge is -2.47. The summed E-state index contributed by atoms with van der Waals surface area (Å²) in [6.45, 7) is 2.04. The fraction of sp³-hybridized carbons (Fsp3) is 0.455. The van der Waals surface area contributed by atoms with Crippen LogP contribution >= 0.6 is 11.6 Å². The molecule has 1 saturated carbocycles. The normalized spacial score (nSPS) is 26.8. The van der Waals surface area contributed by atoms with Gasteiger partial charge in [-0.25, -0.2) is 17.5 Å². The van der Waals surface area contributed by atoms with Crippen molar-refractivity contribution in [2.24, 2.45) is 11.8 Å². The van der Waals surface area contributed by atoms with Crippen LogP contribution in [0.4, 0.5) is 4.39 Å². The van der Waals surface area contributed by atoms with Crippen molar-refractivity contribution >= 4 is 21.6 Å². The van der Waals surface area contributed by atoms with E-state index >= 15 is 0 Å². The Morgan fingerprint density at radius 2 is 1.90 bits per heavy atom. The van der Waals surface area contributed by atoms with E-state index in [9.17, 15) is 12.8 Å². The Morgan fingerprint density at radius 1 is 1.20 bits per heavy atom. The molecule has 1 heterocycles. The molecule has 0 amide bonds. The molecule has 4 rings (SSSR count). The minimum absolute atomic E-state index is 0.198. The Balaban J connectivity index is 1.62. The van der Waals surface area contributed by atoms with Gasteiger partial charge in [0.1, 0.15) is 11.4 Å². The minimum Gasteiger partial charge on any atom is -0.373 e. The molecule has 30 heavy (non-hydrogen) atoms. The van der Waals surface area contributed by atoms with E-state index in [1.807, 2.05) is 6.07 Å². The fourth-order valence-electron chi connectivity index (χ4n) is 5.28. The van der Waals surface area contributed by atoms with Gasteiger partial charge in [0.25, 0.3) is 0 Å². The maximum absolute atomic E-state index is 14.3. The van der Waals surface area contributed by atoms with Gasteiger partial charge in [0, 0.05) is 49.2 Å². The summed E-state index contributed by atoms with van der Waals surface area (Å²) in [7, 11) is -0.421. The van der Waals surface area contributed by atoms with Crippen molar-refractivity contribution in [2.75, 3.05) is 27.2 Å². The summed E-state index contributed by atoms with van der Waals surface area (Å²) in [5.41, 5.74) is 0.992. The second-order valence-corrected chi connectivity index (χ2v) is 10.5. The third-order valence-electron chi connectivity index (χ3n) is 6.64. The minimum atomic E-state index is -3.54. The number of rotatable bonds is 6. The number of fused-ring (bicyclic) bond motifs is 2. The van der Waals surface area contributed by atoms with Crippen molar-refractivity contribution in [3.63, 3.8) is 0 Å². The van der Waals surface area contributed by atoms with Gasteiger partial charge < -0.3 is 4.74 Å². The summed E-state index contributed by atoms with van der Waals surface area (Å²) in [4.78, 5) is 2.50. The van der Waals surface area contributed by atoms with Gasteiger partial charge in [-0.3, -0.25) is 4.90 Å². The fourth-order valence-corrected chi connectivity index (χ4v) is 6.22. The zero-order valence-corrected chi connectivity index (χ0v) is 18.6. The Kier molecular flexibility index (Phi) is 5.94. The molecule has 2 aromatic rings. The van der Waals surface area contributed by atoms with Crippen LogP contribution in [0.1, 0.15) is 24.0 Å². The van der Waals surface area contributed by atoms with Crippen LogP contribution in [0.15, 0.2) is 47.4 Å². The van der Waals surface area contributed by atoms with Crippen LogP contribution in [-0.4, -0.2) is 40.6 Å². The van der Waals surface area contributed by atoms with Crippen LogP contribution in [0.3, 0.4) is 0 Å². The largest absolute Gasteiger partial charge is 0.373 e. The Bertz CT molecular complexity index is 1030. The van der Waals surface area contributed by atoms with Crippen LogP contribution in [0, 0.1) is 17.7 Å². The highest BCUT2D eigenvalue weighted by Gasteiger charge is 2.55. The SMILES string of the molecule is CNS(=O)(=O)c1cccc(C2(OC)C3CCC2CN(Cc2ccc(Cl)cc2F)C3)c1. The predicted molar refractivity (Wildman–Crippen MR) is 114 cm³/mol. The first kappa shape index (κ1) is 21.7. The molecular weight excluding hydrogens is 427 g/mol. The first-order chi connectivity index (χ1) is 14.3. The number of piperidine rings is 1. The second kappa shape index (κ2) is 8.20. The molecule has 162 valence electrons. The highest BCUT2D eigenvalue weighted by molar-refractivity contribution is 7.89. The molecule has 2 aliphatic rings. The van der Waals surface area contributed by atoms with Gasteiger partial charge in [0.15, 0.2) is 0 Å². The van der Waals surface area contributed by atoms with E-state index in [-0.39, 0.29) is 22.5 Å². The van der Waals surface area contributed by atoms with E-state index < -0.39 is 15.6 Å². The number of halogens is 2. The molecule has 5 nitrogen and oxygen atoms in total. The number of methoxy groups -OCH3 is 1. The maximum Gasteiger partial charge on any atom is 0.240 e. The zero-order valence-electron chi connectivity index (χ0n) is 17.1. The van der Waals surface area contributed by atoms with Gasteiger partial charge in [-0.1, -0.05) is 29.8 Å². The van der Waals surface area contributed by atoms with Crippen LogP contribution in [0.5, 0.6) is 0 Å². The van der Waals surface area contributed by atoms with E-state index in [1.165, 1.54) is 13.1 Å². The number of sulfonamides is 1. The van der Waals surface area contributed by atoms with Crippen LogP contribution in [0.25, 0.3) is 0 Å². The molecule has 2 fully saturated rings. The summed E-state index contributed by atoms with van der Waals surface area (Å²) < 4.78 is 47.5. The third kappa shape index (κ3) is 3.67. The molecule has 2 aromatic carbocycles. The van der Waals surface area contributed by atoms with Gasteiger partial charge in [-0.05, 0) is 49.7 Å². The first-order valence-electron chi connectivity index (χ1n) is 10.1. The van der Waals surface area contributed by atoms with Crippen LogP contribution < -0.4 is 4.72 Å². The summed E-state index contributed by atoms with van der Waals surface area (Å²) in [6.07, 6.45) is 1.97. The molecule has 0 radical (unpaired) electrons. The number of ether oxygens (including phenoxy) is 1. The average Bonchev–Trinajstić information content (AvgIpc) is 2.93. The predicted octanol–water partition coefficient (Wildman–Crippen LogP) is 3.77. The van der Waals surface area contributed by atoms with Crippen LogP contribution in [-0.2, 0) is 26.9 Å². The summed E-state index contributed by atoms with van der Waals surface area (Å²) in [5, 5.41) is 0.393. The molecule has 0 aromatic heterocycles. The molecule has 2 atom stereocenters. The molecule has 1 saturated heterocycles. The monoisotopic (exact) mass is 452 g/mol. The lowest BCUT2D eigenvalue weighted by atomic mass is 9.75. The van der Waals surface area contributed by atoms with Gasteiger partial charge >= 0.3 is 0 Å². The van der Waals surface area contributed by atoms with Crippen molar-refractivity contribution in [3.8, 4) is 0 Å². The second-order valence-electron chi connectivity index (χ2n) is 8.13. The number of hydrogen-bond donors (Lipinski definition) is 1. The maximum atomic E-state index is 14.3. The summed E-state index contributed by atoms with van der Waals surface area (Å²) >= 11 is 5.88. The Labute approximate surface area is 182 Å². The van der Waals surface area contributed by atoms with E-state index in [2.05, 4.69) is 9.62 Å². The average molecular weight is 453 g/mol. The Hall–Kier alpha value is -1.51. The number of benzene rings is 2. The lowest BCUT2D eigenvalue weighted by Crippen LogP contribution is -2.52. The molecule has 2 bridgehead atoms. The highest BCUT2D eigenvalue weighted by atomic mass is 35.5. The number of nitrogens with zero attached hydrogens (tertiary/aromatic N) is 1. The summed E-state index contributed by atoms with van der Waals surface area (Å²) in [6, 6.07) is 11.9. The first-order valence-corrected chi connectivity index (χ1v) is 11.9. The van der Waals surface area contributed by atoms with Crippen molar-refractivity contribution in [1.29, 1.82) is 0 Å². The molecule has 8 heteroatoms. The van der Waals surface area contributed by atoms with Gasteiger partial charge in [0.2, 0.25) is 10.0 Å². The van der Waals surface area contributed by atoms with Gasteiger partial charge in [0.05, 0.1) is 4.90 Å². The van der Waals surface area contributed by atoms with Crippen molar-refractivity contribution in [3.05, 3.63) is 64.4 Å².